The lowest BCUT2D eigenvalue weighted by Crippen LogP contribution is -2.46. The minimum Gasteiger partial charge on any atom is -0.291 e. The van der Waals surface area contributed by atoms with E-state index in [1.54, 1.807) is 24.3 Å². The first kappa shape index (κ1) is 13.2. The first-order valence-corrected chi connectivity index (χ1v) is 4.99. The molecule has 1 aromatic carbocycles. The summed E-state index contributed by atoms with van der Waals surface area (Å²) in [6, 6.07) is 8.90. The molecule has 0 saturated carbocycles. The molecule has 0 bridgehead atoms. The molecule has 17 heavy (non-hydrogen) atoms. The Morgan fingerprint density at radius 1 is 1.00 bits per heavy atom. The van der Waals surface area contributed by atoms with Crippen LogP contribution in [-0.4, -0.2) is 18.9 Å². The van der Waals surface area contributed by atoms with E-state index in [9.17, 15) is 9.59 Å². The summed E-state index contributed by atoms with van der Waals surface area (Å²) in [7, 11) is -0.899. The molecule has 2 N–H and O–H groups in total. The van der Waals surface area contributed by atoms with Gasteiger partial charge in [-0.2, -0.15) is 0 Å². The molecule has 90 valence electrons. The summed E-state index contributed by atoms with van der Waals surface area (Å²) in [5.74, 6) is -0.727. The highest BCUT2D eigenvalue weighted by Crippen LogP contribution is 1.90. The monoisotopic (exact) mass is 236 g/mol. The molecule has 0 radical (unpaired) electrons. The zero-order valence-electron chi connectivity index (χ0n) is 9.60. The van der Waals surface area contributed by atoms with Crippen LogP contribution in [0.5, 0.6) is 0 Å². The lowest BCUT2D eigenvalue weighted by Gasteiger charge is -2.13. The van der Waals surface area contributed by atoms with Crippen LogP contribution in [0.15, 0.2) is 30.3 Å². The summed E-state index contributed by atoms with van der Waals surface area (Å²) < 4.78 is 10.0. The van der Waals surface area contributed by atoms with Crippen LogP contribution in [0.1, 0.15) is 13.8 Å². The van der Waals surface area contributed by atoms with Gasteiger partial charge >= 0.3 is 7.12 Å². The van der Waals surface area contributed by atoms with Gasteiger partial charge in [-0.3, -0.25) is 19.1 Å². The number of benzene rings is 1. The number of carbonyl (C=O) groups excluding carboxylic acids is 2. The fourth-order valence-corrected chi connectivity index (χ4v) is 1.04. The third-order valence-corrected chi connectivity index (χ3v) is 1.69. The standard InChI is InChI=1S/C10H13BN2O4/c1-8(14)12-16-11(17-13-9(2)15)10-6-4-3-5-7-10/h3-7H,1-2H3,(H,12,14)(H,13,15). The van der Waals surface area contributed by atoms with Gasteiger partial charge in [-0.05, 0) is 5.46 Å². The number of rotatable bonds is 5. The van der Waals surface area contributed by atoms with E-state index in [2.05, 4.69) is 11.0 Å². The molecule has 0 fully saturated rings. The van der Waals surface area contributed by atoms with E-state index in [0.29, 0.717) is 5.46 Å². The molecule has 6 nitrogen and oxygen atoms in total. The van der Waals surface area contributed by atoms with Crippen LogP contribution in [0.3, 0.4) is 0 Å². The topological polar surface area (TPSA) is 76.7 Å². The number of nitrogens with one attached hydrogen (secondary N) is 2. The lowest BCUT2D eigenvalue weighted by atomic mass is 9.80. The van der Waals surface area contributed by atoms with Gasteiger partial charge in [-0.1, -0.05) is 30.3 Å². The van der Waals surface area contributed by atoms with E-state index in [1.165, 1.54) is 13.8 Å². The Hall–Kier alpha value is -1.86. The van der Waals surface area contributed by atoms with Gasteiger partial charge in [0.25, 0.3) is 0 Å². The van der Waals surface area contributed by atoms with Gasteiger partial charge in [-0.15, -0.1) is 0 Å². The second-order valence-electron chi connectivity index (χ2n) is 3.29. The molecule has 1 aromatic rings. The summed E-state index contributed by atoms with van der Waals surface area (Å²) in [5, 5.41) is 0. The second kappa shape index (κ2) is 6.67. The van der Waals surface area contributed by atoms with Crippen molar-refractivity contribution in [2.75, 3.05) is 0 Å². The van der Waals surface area contributed by atoms with Crippen molar-refractivity contribution in [3.05, 3.63) is 30.3 Å². The van der Waals surface area contributed by atoms with Gasteiger partial charge < -0.3 is 0 Å². The van der Waals surface area contributed by atoms with Crippen molar-refractivity contribution >= 4 is 24.4 Å². The maximum Gasteiger partial charge on any atom is 0.538 e. The highest BCUT2D eigenvalue weighted by molar-refractivity contribution is 6.61. The summed E-state index contributed by atoms with van der Waals surface area (Å²) in [6.45, 7) is 2.61. The molecule has 0 aliphatic heterocycles. The Kier molecular flexibility index (Phi) is 5.18. The van der Waals surface area contributed by atoms with Crippen LogP contribution >= 0.6 is 0 Å². The Bertz CT molecular complexity index is 367. The second-order valence-corrected chi connectivity index (χ2v) is 3.29. The maximum atomic E-state index is 10.7. The van der Waals surface area contributed by atoms with Crippen molar-refractivity contribution in [3.63, 3.8) is 0 Å². The van der Waals surface area contributed by atoms with Crippen LogP contribution in [-0.2, 0) is 19.1 Å². The number of carbonyl (C=O) groups is 2. The van der Waals surface area contributed by atoms with Crippen LogP contribution in [0, 0.1) is 0 Å². The maximum absolute atomic E-state index is 10.7. The van der Waals surface area contributed by atoms with Gasteiger partial charge in [0.05, 0.1) is 0 Å². The lowest BCUT2D eigenvalue weighted by molar-refractivity contribution is -0.128. The van der Waals surface area contributed by atoms with Gasteiger partial charge in [0.1, 0.15) is 0 Å². The van der Waals surface area contributed by atoms with E-state index in [1.807, 2.05) is 6.07 Å². The molecule has 0 saturated heterocycles. The predicted molar refractivity (Wildman–Crippen MR) is 61.6 cm³/mol. The molecule has 0 spiro atoms. The van der Waals surface area contributed by atoms with Crippen molar-refractivity contribution in [1.82, 2.24) is 11.0 Å². The van der Waals surface area contributed by atoms with Gasteiger partial charge in [0.2, 0.25) is 11.8 Å². The Labute approximate surface area is 99.3 Å². The number of amides is 2. The van der Waals surface area contributed by atoms with E-state index in [4.69, 9.17) is 9.51 Å². The highest BCUT2D eigenvalue weighted by Gasteiger charge is 2.23. The first-order valence-electron chi connectivity index (χ1n) is 4.99. The molecule has 1 rings (SSSR count). The molecule has 0 aromatic heterocycles. The molecular weight excluding hydrogens is 223 g/mol. The Morgan fingerprint density at radius 2 is 1.47 bits per heavy atom. The number of hydrogen-bond acceptors (Lipinski definition) is 4. The molecule has 7 heteroatoms. The third kappa shape index (κ3) is 5.14. The van der Waals surface area contributed by atoms with E-state index >= 15 is 0 Å². The zero-order valence-corrected chi connectivity index (χ0v) is 9.60. The zero-order chi connectivity index (χ0) is 12.7. The minimum absolute atomic E-state index is 0.364. The summed E-state index contributed by atoms with van der Waals surface area (Å²) in [4.78, 5) is 21.5. The molecular formula is C10H13BN2O4. The SMILES string of the molecule is CC(=O)NOB(ONC(C)=O)c1ccccc1. The van der Waals surface area contributed by atoms with Gasteiger partial charge in [-0.25, -0.2) is 11.0 Å². The number of hydroxylamine groups is 2. The van der Waals surface area contributed by atoms with Crippen LogP contribution in [0.25, 0.3) is 0 Å². The van der Waals surface area contributed by atoms with E-state index in [0.717, 1.165) is 0 Å². The normalized spacial score (nSPS) is 9.53. The molecule has 0 unspecified atom stereocenters. The Balaban J connectivity index is 2.64. The van der Waals surface area contributed by atoms with Crippen LogP contribution < -0.4 is 16.4 Å². The average molecular weight is 236 g/mol. The first-order chi connectivity index (χ1) is 8.09. The van der Waals surface area contributed by atoms with Crippen molar-refractivity contribution in [3.8, 4) is 0 Å². The van der Waals surface area contributed by atoms with Crippen LogP contribution in [0.4, 0.5) is 0 Å². The Morgan fingerprint density at radius 3 is 1.88 bits per heavy atom. The van der Waals surface area contributed by atoms with Gasteiger partial charge in [0.15, 0.2) is 0 Å². The third-order valence-electron chi connectivity index (χ3n) is 1.69. The van der Waals surface area contributed by atoms with E-state index in [-0.39, 0.29) is 11.8 Å². The van der Waals surface area contributed by atoms with Crippen LogP contribution in [0.2, 0.25) is 0 Å². The molecule has 2 amide bonds. The summed E-state index contributed by atoms with van der Waals surface area (Å²) in [5.41, 5.74) is 4.97. The molecule has 0 aliphatic carbocycles. The van der Waals surface area contributed by atoms with Crippen molar-refractivity contribution < 1.29 is 19.1 Å². The molecule has 0 heterocycles. The quantitative estimate of drug-likeness (QED) is 0.534. The minimum atomic E-state index is -0.899. The largest absolute Gasteiger partial charge is 0.538 e. The fraction of sp³-hybridized carbons (Fsp3) is 0.200. The van der Waals surface area contributed by atoms with Crippen molar-refractivity contribution in [2.24, 2.45) is 0 Å². The van der Waals surface area contributed by atoms with Gasteiger partial charge in [0, 0.05) is 13.8 Å². The molecule has 0 aliphatic rings. The van der Waals surface area contributed by atoms with E-state index < -0.39 is 7.12 Å². The summed E-state index contributed by atoms with van der Waals surface area (Å²) >= 11 is 0. The highest BCUT2D eigenvalue weighted by atomic mass is 16.8. The average Bonchev–Trinajstić information content (AvgIpc) is 2.29. The summed E-state index contributed by atoms with van der Waals surface area (Å²) in [6.07, 6.45) is 0. The van der Waals surface area contributed by atoms with Crippen molar-refractivity contribution in [1.29, 1.82) is 0 Å². The number of hydrogen-bond donors (Lipinski definition) is 2. The smallest absolute Gasteiger partial charge is 0.291 e. The fourth-order valence-electron chi connectivity index (χ4n) is 1.04. The predicted octanol–water partition coefficient (Wildman–Crippen LogP) is -0.483. The van der Waals surface area contributed by atoms with Crippen molar-refractivity contribution in [2.45, 2.75) is 13.8 Å². The molecule has 0 atom stereocenters.